The van der Waals surface area contributed by atoms with Crippen LogP contribution in [0, 0.1) is 5.41 Å². The van der Waals surface area contributed by atoms with Gasteiger partial charge in [0.15, 0.2) is 0 Å². The number of rotatable bonds is 2. The van der Waals surface area contributed by atoms with Crippen LogP contribution in [0.1, 0.15) is 38.7 Å². The summed E-state index contributed by atoms with van der Waals surface area (Å²) in [6.07, 6.45) is 3.52. The molecule has 0 bridgehead atoms. The Morgan fingerprint density at radius 3 is 2.25 bits per heavy atom. The molecule has 1 unspecified atom stereocenters. The Kier molecular flexibility index (Phi) is 2.70. The molecule has 0 amide bonds. The first-order valence-electron chi connectivity index (χ1n) is 5.97. The molecule has 88 valence electrons. The van der Waals surface area contributed by atoms with E-state index in [1.165, 1.54) is 12.0 Å². The summed E-state index contributed by atoms with van der Waals surface area (Å²) in [7, 11) is 0. The maximum Gasteiger partial charge on any atom is 0.115 e. The van der Waals surface area contributed by atoms with Crippen LogP contribution in [0.4, 0.5) is 0 Å². The molecule has 2 nitrogen and oxygen atoms in total. The van der Waals surface area contributed by atoms with E-state index in [1.807, 2.05) is 12.1 Å². The van der Waals surface area contributed by atoms with Crippen molar-refractivity contribution in [3.63, 3.8) is 0 Å². The van der Waals surface area contributed by atoms with Crippen LogP contribution < -0.4 is 5.73 Å². The first-order chi connectivity index (χ1) is 7.47. The Bertz CT molecular complexity index is 369. The first kappa shape index (κ1) is 11.5. The van der Waals surface area contributed by atoms with E-state index in [4.69, 9.17) is 5.73 Å². The first-order valence-corrected chi connectivity index (χ1v) is 5.97. The van der Waals surface area contributed by atoms with E-state index in [0.717, 1.165) is 12.8 Å². The second-order valence-corrected chi connectivity index (χ2v) is 5.87. The summed E-state index contributed by atoms with van der Waals surface area (Å²) >= 11 is 0. The molecule has 1 aliphatic rings. The number of phenolic OH excluding ortho intramolecular Hbond substituents is 1. The minimum Gasteiger partial charge on any atom is -0.508 e. The fourth-order valence-corrected chi connectivity index (χ4v) is 3.02. The molecule has 1 atom stereocenters. The highest BCUT2D eigenvalue weighted by atomic mass is 16.3. The number of phenols is 1. The van der Waals surface area contributed by atoms with E-state index < -0.39 is 0 Å². The molecule has 3 N–H and O–H groups in total. The van der Waals surface area contributed by atoms with Crippen LogP contribution in [0.3, 0.4) is 0 Å². The van der Waals surface area contributed by atoms with Gasteiger partial charge in [0.25, 0.3) is 0 Å². The van der Waals surface area contributed by atoms with Crippen molar-refractivity contribution in [1.82, 2.24) is 0 Å². The molecule has 0 saturated heterocycles. The molecular formula is C14H21NO. The number of aromatic hydroxyl groups is 1. The zero-order chi connectivity index (χ0) is 11.8. The highest BCUT2D eigenvalue weighted by Crippen LogP contribution is 2.50. The molecule has 1 saturated carbocycles. The molecule has 1 aromatic carbocycles. The summed E-state index contributed by atoms with van der Waals surface area (Å²) in [6.45, 7) is 5.32. The summed E-state index contributed by atoms with van der Waals surface area (Å²) < 4.78 is 0. The van der Waals surface area contributed by atoms with Gasteiger partial charge in [-0.15, -0.1) is 0 Å². The zero-order valence-corrected chi connectivity index (χ0v) is 10.2. The van der Waals surface area contributed by atoms with E-state index >= 15 is 0 Å². The quantitative estimate of drug-likeness (QED) is 0.803. The van der Waals surface area contributed by atoms with Gasteiger partial charge >= 0.3 is 0 Å². The number of benzene rings is 1. The standard InChI is InChI=1S/C14H21NO/c1-13(2)7-8-14(9-13,10-15)11-3-5-12(16)6-4-11/h3-6,16H,7-10,15H2,1-2H3. The lowest BCUT2D eigenvalue weighted by Gasteiger charge is -2.30. The lowest BCUT2D eigenvalue weighted by Crippen LogP contribution is -2.33. The van der Waals surface area contributed by atoms with Gasteiger partial charge in [-0.25, -0.2) is 0 Å². The van der Waals surface area contributed by atoms with Gasteiger partial charge in [-0.05, 0) is 42.4 Å². The van der Waals surface area contributed by atoms with Gasteiger partial charge in [0.2, 0.25) is 0 Å². The van der Waals surface area contributed by atoms with E-state index in [1.54, 1.807) is 12.1 Å². The average Bonchev–Trinajstić information content (AvgIpc) is 2.57. The molecule has 0 aliphatic heterocycles. The molecule has 1 fully saturated rings. The molecule has 16 heavy (non-hydrogen) atoms. The Morgan fingerprint density at radius 1 is 1.19 bits per heavy atom. The van der Waals surface area contributed by atoms with Crippen molar-refractivity contribution in [2.24, 2.45) is 11.1 Å². The van der Waals surface area contributed by atoms with Crippen molar-refractivity contribution < 1.29 is 5.11 Å². The second kappa shape index (κ2) is 3.77. The van der Waals surface area contributed by atoms with E-state index in [2.05, 4.69) is 13.8 Å². The summed E-state index contributed by atoms with van der Waals surface area (Å²) in [6, 6.07) is 7.56. The molecule has 2 heteroatoms. The van der Waals surface area contributed by atoms with Gasteiger partial charge in [-0.3, -0.25) is 0 Å². The SMILES string of the molecule is CC1(C)CCC(CN)(c2ccc(O)cc2)C1. The maximum atomic E-state index is 9.33. The Labute approximate surface area is 97.5 Å². The molecule has 0 aromatic heterocycles. The summed E-state index contributed by atoms with van der Waals surface area (Å²) in [4.78, 5) is 0. The lowest BCUT2D eigenvalue weighted by atomic mass is 9.76. The van der Waals surface area contributed by atoms with Crippen LogP contribution in [0.25, 0.3) is 0 Å². The summed E-state index contributed by atoms with van der Waals surface area (Å²) in [5.74, 6) is 0.327. The lowest BCUT2D eigenvalue weighted by molar-refractivity contribution is 0.338. The van der Waals surface area contributed by atoms with Crippen LogP contribution in [0.2, 0.25) is 0 Å². The van der Waals surface area contributed by atoms with Gasteiger partial charge < -0.3 is 10.8 Å². The van der Waals surface area contributed by atoms with Crippen LogP contribution in [0.15, 0.2) is 24.3 Å². The monoisotopic (exact) mass is 219 g/mol. The number of hydrogen-bond donors (Lipinski definition) is 2. The predicted octanol–water partition coefficient (Wildman–Crippen LogP) is 2.80. The summed E-state index contributed by atoms with van der Waals surface area (Å²) in [5, 5.41) is 9.33. The van der Waals surface area contributed by atoms with Crippen molar-refractivity contribution in [1.29, 1.82) is 0 Å². The predicted molar refractivity (Wildman–Crippen MR) is 66.5 cm³/mol. The Morgan fingerprint density at radius 2 is 1.81 bits per heavy atom. The molecule has 0 radical (unpaired) electrons. The third-order valence-electron chi connectivity index (χ3n) is 3.97. The van der Waals surface area contributed by atoms with Crippen molar-refractivity contribution in [3.8, 4) is 5.75 Å². The van der Waals surface area contributed by atoms with E-state index in [-0.39, 0.29) is 5.41 Å². The van der Waals surface area contributed by atoms with Gasteiger partial charge in [0, 0.05) is 12.0 Å². The molecule has 0 spiro atoms. The fraction of sp³-hybridized carbons (Fsp3) is 0.571. The third-order valence-corrected chi connectivity index (χ3v) is 3.97. The van der Waals surface area contributed by atoms with Crippen molar-refractivity contribution in [3.05, 3.63) is 29.8 Å². The number of hydrogen-bond acceptors (Lipinski definition) is 2. The normalized spacial score (nSPS) is 28.2. The minimum absolute atomic E-state index is 0.122. The van der Waals surface area contributed by atoms with Crippen LogP contribution in [-0.2, 0) is 5.41 Å². The molecule has 1 aliphatic carbocycles. The number of nitrogens with two attached hydrogens (primary N) is 1. The van der Waals surface area contributed by atoms with Gasteiger partial charge in [-0.2, -0.15) is 0 Å². The highest BCUT2D eigenvalue weighted by molar-refractivity contribution is 5.33. The highest BCUT2D eigenvalue weighted by Gasteiger charge is 2.43. The van der Waals surface area contributed by atoms with Crippen molar-refractivity contribution >= 4 is 0 Å². The van der Waals surface area contributed by atoms with Crippen molar-refractivity contribution in [2.75, 3.05) is 6.54 Å². The fourth-order valence-electron chi connectivity index (χ4n) is 3.02. The van der Waals surface area contributed by atoms with Crippen LogP contribution >= 0.6 is 0 Å². The molecular weight excluding hydrogens is 198 g/mol. The smallest absolute Gasteiger partial charge is 0.115 e. The van der Waals surface area contributed by atoms with E-state index in [0.29, 0.717) is 17.7 Å². The summed E-state index contributed by atoms with van der Waals surface area (Å²) in [5.41, 5.74) is 7.78. The van der Waals surface area contributed by atoms with Gasteiger partial charge in [-0.1, -0.05) is 26.0 Å². The Hall–Kier alpha value is -1.02. The van der Waals surface area contributed by atoms with Crippen LogP contribution in [-0.4, -0.2) is 11.7 Å². The maximum absolute atomic E-state index is 9.33. The Balaban J connectivity index is 2.33. The second-order valence-electron chi connectivity index (χ2n) is 5.87. The topological polar surface area (TPSA) is 46.2 Å². The largest absolute Gasteiger partial charge is 0.508 e. The zero-order valence-electron chi connectivity index (χ0n) is 10.2. The van der Waals surface area contributed by atoms with Gasteiger partial charge in [0.05, 0.1) is 0 Å². The van der Waals surface area contributed by atoms with Gasteiger partial charge in [0.1, 0.15) is 5.75 Å². The molecule has 2 rings (SSSR count). The molecule has 0 heterocycles. The molecule has 1 aromatic rings. The van der Waals surface area contributed by atoms with Crippen LogP contribution in [0.5, 0.6) is 5.75 Å². The third kappa shape index (κ3) is 1.94. The minimum atomic E-state index is 0.122. The van der Waals surface area contributed by atoms with E-state index in [9.17, 15) is 5.11 Å². The van der Waals surface area contributed by atoms with Crippen molar-refractivity contribution in [2.45, 2.75) is 38.5 Å². The average molecular weight is 219 g/mol.